The molecular weight excluding hydrogens is 274 g/mol. The lowest BCUT2D eigenvalue weighted by Gasteiger charge is -2.47. The fourth-order valence-corrected chi connectivity index (χ4v) is 4.34. The first-order valence-electron chi connectivity index (χ1n) is 8.39. The topological polar surface area (TPSA) is 63.3 Å². The van der Waals surface area contributed by atoms with Gasteiger partial charge in [0.1, 0.15) is 0 Å². The minimum Gasteiger partial charge on any atom is -0.388 e. The molecule has 3 N–H and O–H groups in total. The van der Waals surface area contributed by atoms with E-state index < -0.39 is 11.5 Å². The van der Waals surface area contributed by atoms with Crippen molar-refractivity contribution in [3.8, 4) is 0 Å². The molecule has 3 unspecified atom stereocenters. The van der Waals surface area contributed by atoms with E-state index in [-0.39, 0.29) is 11.8 Å². The molecule has 1 fully saturated rings. The third-order valence-corrected chi connectivity index (χ3v) is 5.43. The molecule has 0 spiro atoms. The van der Waals surface area contributed by atoms with Crippen LogP contribution in [0.2, 0.25) is 0 Å². The van der Waals surface area contributed by atoms with Crippen molar-refractivity contribution < 1.29 is 9.90 Å². The van der Waals surface area contributed by atoms with E-state index in [0.717, 1.165) is 24.8 Å². The molecule has 0 aromatic heterocycles. The van der Waals surface area contributed by atoms with Crippen LogP contribution in [0.1, 0.15) is 58.1 Å². The number of hydrogen-bond donors (Lipinski definition) is 2. The molecule has 0 bridgehead atoms. The van der Waals surface area contributed by atoms with Crippen LogP contribution in [-0.2, 0) is 4.79 Å². The second-order valence-electron chi connectivity index (χ2n) is 7.39. The molecule has 3 heteroatoms. The van der Waals surface area contributed by atoms with E-state index in [9.17, 15) is 9.90 Å². The molecule has 122 valence electrons. The van der Waals surface area contributed by atoms with E-state index in [4.69, 9.17) is 5.73 Å². The van der Waals surface area contributed by atoms with Crippen molar-refractivity contribution in [2.45, 2.75) is 52.6 Å². The van der Waals surface area contributed by atoms with Gasteiger partial charge in [-0.3, -0.25) is 4.79 Å². The Morgan fingerprint density at radius 1 is 1.32 bits per heavy atom. The first kappa shape index (κ1) is 17.0. The monoisotopic (exact) mass is 303 g/mol. The summed E-state index contributed by atoms with van der Waals surface area (Å²) in [5.41, 5.74) is 6.14. The predicted molar refractivity (Wildman–Crippen MR) is 89.0 cm³/mol. The van der Waals surface area contributed by atoms with Crippen LogP contribution in [0, 0.1) is 23.2 Å². The van der Waals surface area contributed by atoms with Crippen LogP contribution in [0.15, 0.2) is 30.3 Å². The quantitative estimate of drug-likeness (QED) is 0.871. The number of aliphatic hydroxyl groups excluding tert-OH is 1. The van der Waals surface area contributed by atoms with Crippen molar-refractivity contribution in [3.05, 3.63) is 35.9 Å². The number of benzene rings is 1. The first-order valence-corrected chi connectivity index (χ1v) is 8.39. The molecule has 1 amide bonds. The Morgan fingerprint density at radius 2 is 1.95 bits per heavy atom. The van der Waals surface area contributed by atoms with Gasteiger partial charge >= 0.3 is 0 Å². The number of nitrogens with two attached hydrogens (primary N) is 1. The van der Waals surface area contributed by atoms with Crippen LogP contribution in [-0.4, -0.2) is 11.0 Å². The highest BCUT2D eigenvalue weighted by Crippen LogP contribution is 2.51. The Hall–Kier alpha value is -1.35. The molecule has 0 saturated heterocycles. The highest BCUT2D eigenvalue weighted by Gasteiger charge is 2.49. The average molecular weight is 303 g/mol. The Morgan fingerprint density at radius 3 is 2.50 bits per heavy atom. The SMILES string of the molecule is CC1CCC(C(C)C)C(C[C@H](O)c2ccccc2)(C(N)=O)C1. The number of amides is 1. The van der Waals surface area contributed by atoms with Crippen molar-refractivity contribution in [1.29, 1.82) is 0 Å². The van der Waals surface area contributed by atoms with Gasteiger partial charge in [0.25, 0.3) is 0 Å². The zero-order valence-corrected chi connectivity index (χ0v) is 14.0. The van der Waals surface area contributed by atoms with Crippen LogP contribution < -0.4 is 5.73 Å². The van der Waals surface area contributed by atoms with Crippen molar-refractivity contribution >= 4 is 5.91 Å². The summed E-state index contributed by atoms with van der Waals surface area (Å²) < 4.78 is 0. The van der Waals surface area contributed by atoms with Crippen LogP contribution in [0.5, 0.6) is 0 Å². The van der Waals surface area contributed by atoms with E-state index in [1.54, 1.807) is 0 Å². The zero-order chi connectivity index (χ0) is 16.3. The Kier molecular flexibility index (Phi) is 5.28. The Bertz CT molecular complexity index is 499. The molecule has 0 heterocycles. The third kappa shape index (κ3) is 3.35. The smallest absolute Gasteiger partial charge is 0.224 e. The van der Waals surface area contributed by atoms with Crippen LogP contribution in [0.4, 0.5) is 0 Å². The summed E-state index contributed by atoms with van der Waals surface area (Å²) in [6.45, 7) is 6.50. The number of carbonyl (C=O) groups excluding carboxylic acids is 1. The van der Waals surface area contributed by atoms with Gasteiger partial charge in [-0.2, -0.15) is 0 Å². The number of aliphatic hydroxyl groups is 1. The molecule has 22 heavy (non-hydrogen) atoms. The summed E-state index contributed by atoms with van der Waals surface area (Å²) in [5, 5.41) is 10.7. The summed E-state index contributed by atoms with van der Waals surface area (Å²) >= 11 is 0. The second-order valence-corrected chi connectivity index (χ2v) is 7.39. The average Bonchev–Trinajstić information content (AvgIpc) is 2.47. The van der Waals surface area contributed by atoms with E-state index in [0.29, 0.717) is 18.3 Å². The molecule has 1 aromatic rings. The highest BCUT2D eigenvalue weighted by atomic mass is 16.3. The van der Waals surface area contributed by atoms with Gasteiger partial charge in [-0.15, -0.1) is 0 Å². The minimum absolute atomic E-state index is 0.243. The van der Waals surface area contributed by atoms with Gasteiger partial charge in [0, 0.05) is 0 Å². The van der Waals surface area contributed by atoms with Gasteiger partial charge in [-0.25, -0.2) is 0 Å². The fourth-order valence-electron chi connectivity index (χ4n) is 4.34. The maximum Gasteiger partial charge on any atom is 0.224 e. The lowest BCUT2D eigenvalue weighted by molar-refractivity contribution is -0.140. The molecule has 0 radical (unpaired) electrons. The Labute approximate surface area is 133 Å². The molecule has 1 aromatic carbocycles. The number of carbonyl (C=O) groups is 1. The van der Waals surface area contributed by atoms with Crippen molar-refractivity contribution in [1.82, 2.24) is 0 Å². The van der Waals surface area contributed by atoms with Gasteiger partial charge in [0.05, 0.1) is 11.5 Å². The molecule has 2 rings (SSSR count). The fraction of sp³-hybridized carbons (Fsp3) is 0.632. The summed E-state index contributed by atoms with van der Waals surface area (Å²) in [5.74, 6) is 0.876. The molecule has 1 aliphatic rings. The van der Waals surface area contributed by atoms with Crippen LogP contribution in [0.25, 0.3) is 0 Å². The molecule has 4 atom stereocenters. The summed E-state index contributed by atoms with van der Waals surface area (Å²) in [7, 11) is 0. The molecule has 3 nitrogen and oxygen atoms in total. The van der Waals surface area contributed by atoms with Crippen molar-refractivity contribution in [2.75, 3.05) is 0 Å². The normalized spacial score (nSPS) is 30.2. The number of rotatable bonds is 5. The van der Waals surface area contributed by atoms with Gasteiger partial charge in [-0.1, -0.05) is 57.5 Å². The largest absolute Gasteiger partial charge is 0.388 e. The molecule has 1 saturated carbocycles. The Balaban J connectivity index is 2.31. The zero-order valence-electron chi connectivity index (χ0n) is 14.0. The minimum atomic E-state index is -0.639. The van der Waals surface area contributed by atoms with Gasteiger partial charge < -0.3 is 10.8 Å². The molecule has 0 aliphatic heterocycles. The molecular formula is C19H29NO2. The molecule has 1 aliphatic carbocycles. The summed E-state index contributed by atoms with van der Waals surface area (Å²) in [6, 6.07) is 9.59. The maximum absolute atomic E-state index is 12.4. The highest BCUT2D eigenvalue weighted by molar-refractivity contribution is 5.81. The van der Waals surface area contributed by atoms with Gasteiger partial charge in [0.15, 0.2) is 0 Å². The first-order chi connectivity index (χ1) is 10.4. The number of primary amides is 1. The van der Waals surface area contributed by atoms with E-state index in [1.807, 2.05) is 30.3 Å². The van der Waals surface area contributed by atoms with Gasteiger partial charge in [0.2, 0.25) is 5.91 Å². The third-order valence-electron chi connectivity index (χ3n) is 5.43. The lowest BCUT2D eigenvalue weighted by atomic mass is 9.57. The summed E-state index contributed by atoms with van der Waals surface area (Å²) in [4.78, 5) is 12.4. The lowest BCUT2D eigenvalue weighted by Crippen LogP contribution is -2.49. The van der Waals surface area contributed by atoms with Crippen LogP contribution in [0.3, 0.4) is 0 Å². The van der Waals surface area contributed by atoms with Crippen LogP contribution >= 0.6 is 0 Å². The predicted octanol–water partition coefficient (Wildman–Crippen LogP) is 3.67. The van der Waals surface area contributed by atoms with E-state index in [1.165, 1.54) is 0 Å². The standard InChI is InChI=1S/C19H29NO2/c1-13(2)16-10-9-14(3)11-19(16,18(20)22)12-17(21)15-7-5-4-6-8-15/h4-8,13-14,16-17,21H,9-12H2,1-3H3,(H2,20,22)/t14?,16?,17-,19?/m0/s1. The maximum atomic E-state index is 12.4. The van der Waals surface area contributed by atoms with E-state index >= 15 is 0 Å². The van der Waals surface area contributed by atoms with Crippen molar-refractivity contribution in [2.24, 2.45) is 28.9 Å². The second kappa shape index (κ2) is 6.82. The van der Waals surface area contributed by atoms with Crippen molar-refractivity contribution in [3.63, 3.8) is 0 Å². The van der Waals surface area contributed by atoms with Gasteiger partial charge in [-0.05, 0) is 42.6 Å². The number of hydrogen-bond acceptors (Lipinski definition) is 2. The summed E-state index contributed by atoms with van der Waals surface area (Å²) in [6.07, 6.45) is 2.73. The van der Waals surface area contributed by atoms with E-state index in [2.05, 4.69) is 20.8 Å².